The zero-order valence-corrected chi connectivity index (χ0v) is 17.8. The topological polar surface area (TPSA) is 61.7 Å². The largest absolute Gasteiger partial charge is 0.341 e. The molecule has 160 valence electrons. The summed E-state index contributed by atoms with van der Waals surface area (Å²) in [7, 11) is 0. The van der Waals surface area contributed by atoms with Gasteiger partial charge in [-0.15, -0.1) is 0 Å². The predicted octanol–water partition coefficient (Wildman–Crippen LogP) is 1.31. The lowest BCUT2D eigenvalue weighted by Gasteiger charge is -2.37. The third-order valence-electron chi connectivity index (χ3n) is 6.85. The molecule has 1 amide bonds. The van der Waals surface area contributed by atoms with Crippen LogP contribution in [-0.2, 0) is 17.8 Å². The van der Waals surface area contributed by atoms with Gasteiger partial charge in [0.05, 0.1) is 12.2 Å². The van der Waals surface area contributed by atoms with E-state index < -0.39 is 0 Å². The highest BCUT2D eigenvalue weighted by molar-refractivity contribution is 5.78. The van der Waals surface area contributed by atoms with Gasteiger partial charge < -0.3 is 9.80 Å². The van der Waals surface area contributed by atoms with E-state index in [9.17, 15) is 9.59 Å². The molecule has 0 N–H and O–H groups in total. The number of amides is 1. The Morgan fingerprint density at radius 1 is 1.03 bits per heavy atom. The molecule has 7 heteroatoms. The number of aryl methyl sites for hydroxylation is 1. The zero-order chi connectivity index (χ0) is 20.2. The van der Waals surface area contributed by atoms with Crippen LogP contribution in [0.3, 0.4) is 0 Å². The third kappa shape index (κ3) is 4.89. The molecule has 1 atom stereocenters. The highest BCUT2D eigenvalue weighted by atomic mass is 16.2. The van der Waals surface area contributed by atoms with E-state index in [1.54, 1.807) is 6.07 Å². The van der Waals surface area contributed by atoms with Crippen LogP contribution >= 0.6 is 0 Å². The van der Waals surface area contributed by atoms with Crippen LogP contribution in [0.4, 0.5) is 0 Å². The SMILES string of the molecule is CCN1CCN(CC(=O)N2CCC[C@@H](c3cc(=O)n4c(n3)CCCCC4)C2)CC1. The molecule has 1 aromatic heterocycles. The molecule has 0 spiro atoms. The maximum atomic E-state index is 12.9. The Balaban J connectivity index is 1.39. The first-order chi connectivity index (χ1) is 14.1. The van der Waals surface area contributed by atoms with E-state index >= 15 is 0 Å². The number of rotatable bonds is 4. The molecule has 29 heavy (non-hydrogen) atoms. The van der Waals surface area contributed by atoms with Crippen LogP contribution in [0.1, 0.15) is 56.5 Å². The van der Waals surface area contributed by atoms with Gasteiger partial charge in [0.1, 0.15) is 5.82 Å². The van der Waals surface area contributed by atoms with Crippen molar-refractivity contribution in [1.82, 2.24) is 24.3 Å². The fourth-order valence-electron chi connectivity index (χ4n) is 4.94. The lowest BCUT2D eigenvalue weighted by molar-refractivity contribution is -0.134. The quantitative estimate of drug-likeness (QED) is 0.761. The number of carbonyl (C=O) groups excluding carboxylic acids is 1. The second-order valence-electron chi connectivity index (χ2n) is 8.79. The number of fused-ring (bicyclic) bond motifs is 1. The fraction of sp³-hybridized carbons (Fsp3) is 0.773. The molecule has 0 aromatic carbocycles. The van der Waals surface area contributed by atoms with Gasteiger partial charge in [0.15, 0.2) is 0 Å². The first-order valence-corrected chi connectivity index (χ1v) is 11.5. The first-order valence-electron chi connectivity index (χ1n) is 11.5. The van der Waals surface area contributed by atoms with E-state index in [2.05, 4.69) is 16.7 Å². The monoisotopic (exact) mass is 401 g/mol. The number of likely N-dealkylation sites (tertiary alicyclic amines) is 1. The summed E-state index contributed by atoms with van der Waals surface area (Å²) in [6.07, 6.45) is 6.22. The van der Waals surface area contributed by atoms with Crippen LogP contribution < -0.4 is 5.56 Å². The van der Waals surface area contributed by atoms with Crippen LogP contribution in [0.2, 0.25) is 0 Å². The van der Waals surface area contributed by atoms with Gasteiger partial charge >= 0.3 is 0 Å². The summed E-state index contributed by atoms with van der Waals surface area (Å²) in [4.78, 5) is 37.2. The van der Waals surface area contributed by atoms with Crippen molar-refractivity contribution < 1.29 is 4.79 Å². The number of carbonyl (C=O) groups is 1. The van der Waals surface area contributed by atoms with Crippen molar-refractivity contribution in [2.45, 2.75) is 57.9 Å². The second kappa shape index (κ2) is 9.39. The summed E-state index contributed by atoms with van der Waals surface area (Å²) >= 11 is 0. The maximum Gasteiger partial charge on any atom is 0.253 e. The van der Waals surface area contributed by atoms with E-state index in [1.807, 2.05) is 9.47 Å². The summed E-state index contributed by atoms with van der Waals surface area (Å²) in [6.45, 7) is 10.2. The van der Waals surface area contributed by atoms with Crippen molar-refractivity contribution in [1.29, 1.82) is 0 Å². The Morgan fingerprint density at radius 3 is 2.62 bits per heavy atom. The molecule has 1 aromatic rings. The Morgan fingerprint density at radius 2 is 1.83 bits per heavy atom. The van der Waals surface area contributed by atoms with Gasteiger partial charge in [0.2, 0.25) is 5.91 Å². The lowest BCUT2D eigenvalue weighted by atomic mass is 9.94. The van der Waals surface area contributed by atoms with Crippen molar-refractivity contribution in [2.24, 2.45) is 0 Å². The standard InChI is InChI=1S/C22H35N5O2/c1-2-24-11-13-25(14-12-24)17-22(29)26-9-6-7-18(16-26)19-15-21(28)27-10-5-3-4-8-20(27)23-19/h15,18H,2-14,16-17H2,1H3/t18-/m1/s1. The molecule has 0 saturated carbocycles. The zero-order valence-electron chi connectivity index (χ0n) is 17.8. The lowest BCUT2D eigenvalue weighted by Crippen LogP contribution is -2.51. The van der Waals surface area contributed by atoms with Gasteiger partial charge in [0, 0.05) is 64.2 Å². The van der Waals surface area contributed by atoms with Crippen molar-refractivity contribution in [3.63, 3.8) is 0 Å². The van der Waals surface area contributed by atoms with E-state index in [0.717, 1.165) is 95.9 Å². The smallest absolute Gasteiger partial charge is 0.253 e. The van der Waals surface area contributed by atoms with Gasteiger partial charge in [-0.05, 0) is 32.2 Å². The van der Waals surface area contributed by atoms with Crippen LogP contribution in [0.15, 0.2) is 10.9 Å². The fourth-order valence-corrected chi connectivity index (χ4v) is 4.94. The normalized spacial score (nSPS) is 24.2. The molecular weight excluding hydrogens is 366 g/mol. The molecule has 4 rings (SSSR count). The molecular formula is C22H35N5O2. The minimum atomic E-state index is 0.0872. The van der Waals surface area contributed by atoms with Gasteiger partial charge in [-0.3, -0.25) is 19.1 Å². The molecule has 0 unspecified atom stereocenters. The van der Waals surface area contributed by atoms with Crippen molar-refractivity contribution in [3.8, 4) is 0 Å². The summed E-state index contributed by atoms with van der Waals surface area (Å²) in [5, 5.41) is 0. The van der Waals surface area contributed by atoms with E-state index in [-0.39, 0.29) is 17.4 Å². The molecule has 0 radical (unpaired) electrons. The van der Waals surface area contributed by atoms with E-state index in [1.165, 1.54) is 0 Å². The van der Waals surface area contributed by atoms with Crippen LogP contribution in [-0.4, -0.2) is 82.5 Å². The Hall–Kier alpha value is -1.73. The Labute approximate surface area is 173 Å². The minimum absolute atomic E-state index is 0.0872. The van der Waals surface area contributed by atoms with Crippen LogP contribution in [0.25, 0.3) is 0 Å². The number of likely N-dealkylation sites (N-methyl/N-ethyl adjacent to an activating group) is 1. The number of piperidine rings is 1. The Kier molecular flexibility index (Phi) is 6.65. The van der Waals surface area contributed by atoms with Gasteiger partial charge in [0.25, 0.3) is 5.56 Å². The first kappa shape index (κ1) is 20.5. The average molecular weight is 402 g/mol. The van der Waals surface area contributed by atoms with Gasteiger partial charge in [-0.25, -0.2) is 4.98 Å². The predicted molar refractivity (Wildman–Crippen MR) is 113 cm³/mol. The highest BCUT2D eigenvalue weighted by Crippen LogP contribution is 2.26. The maximum absolute atomic E-state index is 12.9. The van der Waals surface area contributed by atoms with Crippen LogP contribution in [0.5, 0.6) is 0 Å². The molecule has 4 heterocycles. The van der Waals surface area contributed by atoms with E-state index in [4.69, 9.17) is 4.98 Å². The minimum Gasteiger partial charge on any atom is -0.341 e. The summed E-state index contributed by atoms with van der Waals surface area (Å²) < 4.78 is 1.86. The van der Waals surface area contributed by atoms with Gasteiger partial charge in [-0.2, -0.15) is 0 Å². The number of nitrogens with zero attached hydrogens (tertiary/aromatic N) is 5. The number of hydrogen-bond donors (Lipinski definition) is 0. The van der Waals surface area contributed by atoms with Crippen molar-refractivity contribution >= 4 is 5.91 Å². The molecule has 3 aliphatic heterocycles. The molecule has 0 aliphatic carbocycles. The summed E-state index contributed by atoms with van der Waals surface area (Å²) in [5.74, 6) is 1.36. The van der Waals surface area contributed by atoms with Gasteiger partial charge in [-0.1, -0.05) is 13.3 Å². The van der Waals surface area contributed by atoms with Crippen molar-refractivity contribution in [2.75, 3.05) is 52.4 Å². The molecule has 7 nitrogen and oxygen atoms in total. The Bertz CT molecular complexity index is 769. The molecule has 2 saturated heterocycles. The molecule has 0 bridgehead atoms. The van der Waals surface area contributed by atoms with E-state index in [0.29, 0.717) is 13.1 Å². The summed E-state index contributed by atoms with van der Waals surface area (Å²) in [6, 6.07) is 1.73. The molecule has 2 fully saturated rings. The number of aromatic nitrogens is 2. The third-order valence-corrected chi connectivity index (χ3v) is 6.85. The summed E-state index contributed by atoms with van der Waals surface area (Å²) in [5.41, 5.74) is 0.987. The highest BCUT2D eigenvalue weighted by Gasteiger charge is 2.28. The second-order valence-corrected chi connectivity index (χ2v) is 8.79. The average Bonchev–Trinajstić information content (AvgIpc) is 3.00. The van der Waals surface area contributed by atoms with Crippen molar-refractivity contribution in [3.05, 3.63) is 27.9 Å². The number of hydrogen-bond acceptors (Lipinski definition) is 5. The molecule has 3 aliphatic rings. The van der Waals surface area contributed by atoms with Crippen LogP contribution in [0, 0.1) is 0 Å². The number of piperazine rings is 1.